The van der Waals surface area contributed by atoms with Gasteiger partial charge >= 0.3 is 6.18 Å². The van der Waals surface area contributed by atoms with Gasteiger partial charge in [-0.25, -0.2) is 9.37 Å². The highest BCUT2D eigenvalue weighted by Gasteiger charge is 2.34. The van der Waals surface area contributed by atoms with Crippen LogP contribution in [-0.4, -0.2) is 22.6 Å². The highest BCUT2D eigenvalue weighted by molar-refractivity contribution is 5.61. The quantitative estimate of drug-likeness (QED) is 0.852. The monoisotopic (exact) mass is 327 g/mol. The van der Waals surface area contributed by atoms with Gasteiger partial charge in [-0.05, 0) is 44.1 Å². The molecule has 2 aromatic rings. The Kier molecular flexibility index (Phi) is 4.14. The molecule has 0 atom stereocenters. The van der Waals surface area contributed by atoms with Crippen LogP contribution in [0, 0.1) is 5.82 Å². The van der Waals surface area contributed by atoms with E-state index in [-0.39, 0.29) is 5.92 Å². The Balaban J connectivity index is 1.98. The summed E-state index contributed by atoms with van der Waals surface area (Å²) < 4.78 is 53.9. The summed E-state index contributed by atoms with van der Waals surface area (Å²) in [6, 6.07) is 3.06. The van der Waals surface area contributed by atoms with E-state index in [1.807, 2.05) is 4.57 Å². The standard InChI is InChI=1S/C16H17F4N3/c1-23-14(9-22-15(23)10-4-6-21-7-5-10)11-2-3-13(17)12(8-11)16(18,19)20/h2-3,8-10,21H,4-7H2,1H3. The molecule has 0 radical (unpaired) electrons. The molecule has 0 bridgehead atoms. The molecule has 23 heavy (non-hydrogen) atoms. The van der Waals surface area contributed by atoms with Crippen LogP contribution in [0.25, 0.3) is 11.3 Å². The second-order valence-electron chi connectivity index (χ2n) is 5.78. The summed E-state index contributed by atoms with van der Waals surface area (Å²) in [5.74, 6) is -0.112. The Hall–Kier alpha value is -1.89. The van der Waals surface area contributed by atoms with Crippen LogP contribution in [0.1, 0.15) is 30.1 Å². The van der Waals surface area contributed by atoms with Crippen LogP contribution in [0.15, 0.2) is 24.4 Å². The zero-order chi connectivity index (χ0) is 16.6. The predicted octanol–water partition coefficient (Wildman–Crippen LogP) is 3.71. The number of alkyl halides is 3. The molecule has 3 rings (SSSR count). The first-order chi connectivity index (χ1) is 10.9. The summed E-state index contributed by atoms with van der Waals surface area (Å²) in [7, 11) is 1.79. The van der Waals surface area contributed by atoms with Crippen LogP contribution in [-0.2, 0) is 13.2 Å². The fraction of sp³-hybridized carbons (Fsp3) is 0.438. The third-order valence-corrected chi connectivity index (χ3v) is 4.30. The molecule has 1 fully saturated rings. The molecule has 1 saturated heterocycles. The minimum Gasteiger partial charge on any atom is -0.331 e. The third-order valence-electron chi connectivity index (χ3n) is 4.30. The summed E-state index contributed by atoms with van der Waals surface area (Å²) in [4.78, 5) is 4.39. The van der Waals surface area contributed by atoms with E-state index in [0.717, 1.165) is 43.9 Å². The molecular weight excluding hydrogens is 310 g/mol. The van der Waals surface area contributed by atoms with E-state index >= 15 is 0 Å². The molecule has 0 amide bonds. The fourth-order valence-electron chi connectivity index (χ4n) is 3.05. The van der Waals surface area contributed by atoms with Crippen molar-refractivity contribution in [3.63, 3.8) is 0 Å². The maximum absolute atomic E-state index is 13.4. The van der Waals surface area contributed by atoms with Gasteiger partial charge in [0, 0.05) is 18.5 Å². The molecule has 1 N–H and O–H groups in total. The zero-order valence-electron chi connectivity index (χ0n) is 12.6. The van der Waals surface area contributed by atoms with Gasteiger partial charge in [0.15, 0.2) is 0 Å². The molecular formula is C16H17F4N3. The van der Waals surface area contributed by atoms with Crippen molar-refractivity contribution in [2.24, 2.45) is 7.05 Å². The number of piperidine rings is 1. The van der Waals surface area contributed by atoms with Gasteiger partial charge in [-0.1, -0.05) is 0 Å². The number of nitrogens with one attached hydrogen (secondary N) is 1. The molecule has 1 aromatic carbocycles. The molecule has 0 aliphatic carbocycles. The van der Waals surface area contributed by atoms with Crippen LogP contribution in [0.3, 0.4) is 0 Å². The third kappa shape index (κ3) is 3.10. The molecule has 1 aliphatic rings. The second kappa shape index (κ2) is 5.96. The number of imidazole rings is 1. The van der Waals surface area contributed by atoms with Crippen LogP contribution >= 0.6 is 0 Å². The first-order valence-electron chi connectivity index (χ1n) is 7.47. The molecule has 1 aliphatic heterocycles. The van der Waals surface area contributed by atoms with Gasteiger partial charge in [0.1, 0.15) is 11.6 Å². The van der Waals surface area contributed by atoms with Gasteiger partial charge in [-0.3, -0.25) is 0 Å². The van der Waals surface area contributed by atoms with Crippen molar-refractivity contribution >= 4 is 0 Å². The number of hydrogen-bond donors (Lipinski definition) is 1. The number of rotatable bonds is 2. The van der Waals surface area contributed by atoms with Gasteiger partial charge in [0.25, 0.3) is 0 Å². The first kappa shape index (κ1) is 16.0. The Morgan fingerprint density at radius 1 is 1.22 bits per heavy atom. The highest BCUT2D eigenvalue weighted by atomic mass is 19.4. The second-order valence-corrected chi connectivity index (χ2v) is 5.78. The first-order valence-corrected chi connectivity index (χ1v) is 7.47. The molecule has 0 saturated carbocycles. The number of benzene rings is 1. The van der Waals surface area contributed by atoms with Crippen molar-refractivity contribution in [1.29, 1.82) is 0 Å². The van der Waals surface area contributed by atoms with E-state index in [2.05, 4.69) is 10.3 Å². The van der Waals surface area contributed by atoms with Crippen molar-refractivity contribution in [2.75, 3.05) is 13.1 Å². The van der Waals surface area contributed by atoms with Gasteiger partial charge in [0.2, 0.25) is 0 Å². The molecule has 7 heteroatoms. The predicted molar refractivity (Wildman–Crippen MR) is 78.4 cm³/mol. The van der Waals surface area contributed by atoms with Crippen LogP contribution in [0.4, 0.5) is 17.6 Å². The Morgan fingerprint density at radius 3 is 2.57 bits per heavy atom. The van der Waals surface area contributed by atoms with E-state index in [4.69, 9.17) is 0 Å². The lowest BCUT2D eigenvalue weighted by atomic mass is 9.97. The highest BCUT2D eigenvalue weighted by Crippen LogP contribution is 2.35. The summed E-state index contributed by atoms with van der Waals surface area (Å²) in [6.45, 7) is 1.81. The van der Waals surface area contributed by atoms with E-state index in [1.165, 1.54) is 6.07 Å². The van der Waals surface area contributed by atoms with E-state index in [1.54, 1.807) is 13.2 Å². The minimum atomic E-state index is -4.71. The molecule has 1 aromatic heterocycles. The number of nitrogens with zero attached hydrogens (tertiary/aromatic N) is 2. The molecule has 0 spiro atoms. The maximum Gasteiger partial charge on any atom is 0.419 e. The Bertz CT molecular complexity index is 700. The summed E-state index contributed by atoms with van der Waals surface area (Å²) in [5.41, 5.74) is -0.377. The van der Waals surface area contributed by atoms with E-state index in [9.17, 15) is 17.6 Å². The van der Waals surface area contributed by atoms with Crippen molar-refractivity contribution in [1.82, 2.24) is 14.9 Å². The van der Waals surface area contributed by atoms with Gasteiger partial charge in [-0.2, -0.15) is 13.2 Å². The lowest BCUT2D eigenvalue weighted by Crippen LogP contribution is -2.27. The molecule has 124 valence electrons. The topological polar surface area (TPSA) is 29.9 Å². The van der Waals surface area contributed by atoms with E-state index < -0.39 is 17.6 Å². The summed E-state index contributed by atoms with van der Waals surface area (Å²) in [6.07, 6.45) is -1.26. The lowest BCUT2D eigenvalue weighted by Gasteiger charge is -2.22. The minimum absolute atomic E-state index is 0.289. The van der Waals surface area contributed by atoms with Crippen molar-refractivity contribution < 1.29 is 17.6 Å². The average molecular weight is 327 g/mol. The van der Waals surface area contributed by atoms with Gasteiger partial charge in [0.05, 0.1) is 17.5 Å². The summed E-state index contributed by atoms with van der Waals surface area (Å²) in [5, 5.41) is 3.27. The number of aromatic nitrogens is 2. The molecule has 2 heterocycles. The number of halogens is 4. The normalized spacial score (nSPS) is 16.7. The van der Waals surface area contributed by atoms with Crippen molar-refractivity contribution in [3.05, 3.63) is 41.6 Å². The lowest BCUT2D eigenvalue weighted by molar-refractivity contribution is -0.139. The van der Waals surface area contributed by atoms with Crippen molar-refractivity contribution in [3.8, 4) is 11.3 Å². The van der Waals surface area contributed by atoms with Crippen molar-refractivity contribution in [2.45, 2.75) is 24.9 Å². The fourth-order valence-corrected chi connectivity index (χ4v) is 3.05. The Morgan fingerprint density at radius 2 is 1.91 bits per heavy atom. The van der Waals surface area contributed by atoms with E-state index in [0.29, 0.717) is 11.3 Å². The Labute approximate surface area is 131 Å². The van der Waals surface area contributed by atoms with Crippen LogP contribution in [0.2, 0.25) is 0 Å². The largest absolute Gasteiger partial charge is 0.419 e. The maximum atomic E-state index is 13.4. The SMILES string of the molecule is Cn1c(-c2ccc(F)c(C(F)(F)F)c2)cnc1C1CCNCC1. The molecule has 3 nitrogen and oxygen atoms in total. The van der Waals surface area contributed by atoms with Gasteiger partial charge < -0.3 is 9.88 Å². The smallest absolute Gasteiger partial charge is 0.331 e. The average Bonchev–Trinajstić information content (AvgIpc) is 2.89. The zero-order valence-corrected chi connectivity index (χ0v) is 12.6. The summed E-state index contributed by atoms with van der Waals surface area (Å²) >= 11 is 0. The number of hydrogen-bond acceptors (Lipinski definition) is 2. The van der Waals surface area contributed by atoms with Crippen LogP contribution < -0.4 is 5.32 Å². The van der Waals surface area contributed by atoms with Crippen LogP contribution in [0.5, 0.6) is 0 Å². The molecule has 0 unspecified atom stereocenters. The van der Waals surface area contributed by atoms with Gasteiger partial charge in [-0.15, -0.1) is 0 Å².